The highest BCUT2D eigenvalue weighted by Gasteiger charge is 2.33. The van der Waals surface area contributed by atoms with Crippen LogP contribution >= 0.6 is 11.6 Å². The molecule has 1 aliphatic rings. The zero-order chi connectivity index (χ0) is 15.6. The lowest BCUT2D eigenvalue weighted by atomic mass is 10.2. The Hall–Kier alpha value is -1.62. The third-order valence-corrected chi connectivity index (χ3v) is 3.96. The van der Waals surface area contributed by atoms with Gasteiger partial charge in [0.2, 0.25) is 5.91 Å². The molecular formula is C15H21ClN2O3. The second-order valence-electron chi connectivity index (χ2n) is 5.30. The zero-order valence-corrected chi connectivity index (χ0v) is 13.5. The molecule has 1 fully saturated rings. The predicted octanol–water partition coefficient (Wildman–Crippen LogP) is 2.78. The molecule has 6 heteroatoms. The summed E-state index contributed by atoms with van der Waals surface area (Å²) in [6.45, 7) is 4.81. The van der Waals surface area contributed by atoms with E-state index in [1.54, 1.807) is 26.4 Å². The van der Waals surface area contributed by atoms with Crippen molar-refractivity contribution in [1.82, 2.24) is 4.90 Å². The van der Waals surface area contributed by atoms with Gasteiger partial charge in [-0.1, -0.05) is 11.6 Å². The molecule has 0 aliphatic carbocycles. The van der Waals surface area contributed by atoms with Gasteiger partial charge in [-0.15, -0.1) is 0 Å². The highest BCUT2D eigenvalue weighted by molar-refractivity contribution is 6.32. The van der Waals surface area contributed by atoms with Crippen molar-refractivity contribution >= 4 is 23.2 Å². The van der Waals surface area contributed by atoms with Crippen LogP contribution in [-0.2, 0) is 4.79 Å². The Morgan fingerprint density at radius 3 is 2.48 bits per heavy atom. The molecule has 5 nitrogen and oxygen atoms in total. The number of halogens is 1. The molecule has 1 aromatic rings. The fraction of sp³-hybridized carbons (Fsp3) is 0.533. The lowest BCUT2D eigenvalue weighted by molar-refractivity contribution is -0.129. The van der Waals surface area contributed by atoms with E-state index in [0.29, 0.717) is 22.2 Å². The van der Waals surface area contributed by atoms with Gasteiger partial charge < -0.3 is 19.7 Å². The normalized spacial score (nSPS) is 18.3. The Kier molecular flexibility index (Phi) is 4.83. The number of rotatable bonds is 5. The van der Waals surface area contributed by atoms with Gasteiger partial charge in [0.25, 0.3) is 0 Å². The fourth-order valence-corrected chi connectivity index (χ4v) is 2.74. The van der Waals surface area contributed by atoms with Crippen molar-refractivity contribution in [2.75, 3.05) is 26.1 Å². The first-order chi connectivity index (χ1) is 9.97. The van der Waals surface area contributed by atoms with E-state index in [9.17, 15) is 4.79 Å². The Bertz CT molecular complexity index is 534. The molecule has 1 aliphatic heterocycles. The lowest BCUT2D eigenvalue weighted by Crippen LogP contribution is -2.37. The third-order valence-electron chi connectivity index (χ3n) is 3.67. The molecule has 0 bridgehead atoms. The van der Waals surface area contributed by atoms with E-state index in [-0.39, 0.29) is 18.0 Å². The number of amides is 1. The summed E-state index contributed by atoms with van der Waals surface area (Å²) in [6.07, 6.45) is 0.769. The first-order valence-electron chi connectivity index (χ1n) is 6.96. The largest absolute Gasteiger partial charge is 0.495 e. The molecule has 21 heavy (non-hydrogen) atoms. The van der Waals surface area contributed by atoms with Crippen LogP contribution in [0.5, 0.6) is 11.5 Å². The van der Waals surface area contributed by atoms with E-state index >= 15 is 0 Å². The molecule has 0 aromatic heterocycles. The number of nitrogens with one attached hydrogen (secondary N) is 1. The van der Waals surface area contributed by atoms with E-state index in [4.69, 9.17) is 21.1 Å². The fourth-order valence-electron chi connectivity index (χ4n) is 2.51. The maximum absolute atomic E-state index is 12.3. The molecule has 1 heterocycles. The van der Waals surface area contributed by atoms with Crippen molar-refractivity contribution < 1.29 is 14.3 Å². The van der Waals surface area contributed by atoms with Crippen LogP contribution in [0.25, 0.3) is 0 Å². The number of anilines is 1. The smallest absolute Gasteiger partial charge is 0.245 e. The quantitative estimate of drug-likeness (QED) is 0.908. The molecule has 1 saturated heterocycles. The van der Waals surface area contributed by atoms with Gasteiger partial charge in [0, 0.05) is 24.7 Å². The number of ether oxygens (including phenoxy) is 2. The second-order valence-corrected chi connectivity index (χ2v) is 5.71. The van der Waals surface area contributed by atoms with Gasteiger partial charge in [-0.2, -0.15) is 0 Å². The summed E-state index contributed by atoms with van der Waals surface area (Å²) in [7, 11) is 3.12. The number of hydrogen-bond donors (Lipinski definition) is 1. The number of hydrogen-bond acceptors (Lipinski definition) is 4. The summed E-state index contributed by atoms with van der Waals surface area (Å²) in [4.78, 5) is 14.2. The number of likely N-dealkylation sites (tertiary alicyclic amines) is 1. The number of carbonyl (C=O) groups excluding carboxylic acids is 1. The topological polar surface area (TPSA) is 50.8 Å². The molecule has 0 radical (unpaired) electrons. The molecule has 0 unspecified atom stereocenters. The van der Waals surface area contributed by atoms with Crippen molar-refractivity contribution in [3.63, 3.8) is 0 Å². The molecule has 1 N–H and O–H groups in total. The van der Waals surface area contributed by atoms with Gasteiger partial charge in [0.1, 0.15) is 17.5 Å². The van der Waals surface area contributed by atoms with Crippen molar-refractivity contribution in [3.05, 3.63) is 17.2 Å². The molecule has 0 spiro atoms. The summed E-state index contributed by atoms with van der Waals surface area (Å²) >= 11 is 6.08. The summed E-state index contributed by atoms with van der Waals surface area (Å²) < 4.78 is 10.5. The number of carbonyl (C=O) groups is 1. The Morgan fingerprint density at radius 1 is 1.29 bits per heavy atom. The number of benzene rings is 1. The van der Waals surface area contributed by atoms with Crippen LogP contribution in [0.2, 0.25) is 5.02 Å². The molecular weight excluding hydrogens is 292 g/mol. The molecule has 116 valence electrons. The lowest BCUT2D eigenvalue weighted by Gasteiger charge is -2.22. The van der Waals surface area contributed by atoms with E-state index < -0.39 is 0 Å². The molecule has 1 aromatic carbocycles. The Morgan fingerprint density at radius 2 is 1.95 bits per heavy atom. The third kappa shape index (κ3) is 3.18. The van der Waals surface area contributed by atoms with Crippen molar-refractivity contribution in [2.45, 2.75) is 32.4 Å². The first kappa shape index (κ1) is 15.8. The average Bonchev–Trinajstić information content (AvgIpc) is 2.81. The van der Waals surface area contributed by atoms with Gasteiger partial charge in [0.15, 0.2) is 0 Å². The van der Waals surface area contributed by atoms with Crippen LogP contribution in [0, 0.1) is 0 Å². The highest BCUT2D eigenvalue weighted by atomic mass is 35.5. The SMILES string of the molecule is COc1cc(N[C@H]2CCN(C(C)C)C2=O)c(OC)cc1Cl. The van der Waals surface area contributed by atoms with Crippen LogP contribution in [0.15, 0.2) is 12.1 Å². The summed E-state index contributed by atoms with van der Waals surface area (Å²) in [5.41, 5.74) is 0.711. The number of nitrogens with zero attached hydrogens (tertiary/aromatic N) is 1. The molecule has 1 amide bonds. The van der Waals surface area contributed by atoms with Gasteiger partial charge in [0.05, 0.1) is 24.9 Å². The highest BCUT2D eigenvalue weighted by Crippen LogP contribution is 2.36. The van der Waals surface area contributed by atoms with Crippen LogP contribution in [0.4, 0.5) is 5.69 Å². The Labute approximate surface area is 130 Å². The van der Waals surface area contributed by atoms with Crippen LogP contribution in [0.1, 0.15) is 20.3 Å². The molecule has 2 rings (SSSR count). The van der Waals surface area contributed by atoms with Crippen LogP contribution in [-0.4, -0.2) is 43.7 Å². The monoisotopic (exact) mass is 312 g/mol. The van der Waals surface area contributed by atoms with Crippen molar-refractivity contribution in [2.24, 2.45) is 0 Å². The van der Waals surface area contributed by atoms with Gasteiger partial charge in [-0.25, -0.2) is 0 Å². The summed E-state index contributed by atoms with van der Waals surface area (Å²) in [5, 5.41) is 3.72. The molecule has 0 saturated carbocycles. The van der Waals surface area contributed by atoms with Crippen molar-refractivity contribution in [1.29, 1.82) is 0 Å². The minimum Gasteiger partial charge on any atom is -0.495 e. The van der Waals surface area contributed by atoms with E-state index in [1.165, 1.54) is 0 Å². The summed E-state index contributed by atoms with van der Waals surface area (Å²) in [6, 6.07) is 3.41. The van der Waals surface area contributed by atoms with E-state index in [0.717, 1.165) is 13.0 Å². The van der Waals surface area contributed by atoms with Crippen molar-refractivity contribution in [3.8, 4) is 11.5 Å². The second kappa shape index (κ2) is 6.43. The minimum absolute atomic E-state index is 0.112. The zero-order valence-electron chi connectivity index (χ0n) is 12.8. The van der Waals surface area contributed by atoms with Crippen LogP contribution < -0.4 is 14.8 Å². The number of methoxy groups -OCH3 is 2. The maximum Gasteiger partial charge on any atom is 0.245 e. The minimum atomic E-state index is -0.243. The van der Waals surface area contributed by atoms with Crippen LogP contribution in [0.3, 0.4) is 0 Å². The van der Waals surface area contributed by atoms with Gasteiger partial charge in [-0.05, 0) is 20.3 Å². The predicted molar refractivity (Wildman–Crippen MR) is 83.4 cm³/mol. The average molecular weight is 313 g/mol. The molecule has 1 atom stereocenters. The van der Waals surface area contributed by atoms with E-state index in [1.807, 2.05) is 18.7 Å². The van der Waals surface area contributed by atoms with E-state index in [2.05, 4.69) is 5.32 Å². The first-order valence-corrected chi connectivity index (χ1v) is 7.34. The van der Waals surface area contributed by atoms with Gasteiger partial charge in [-0.3, -0.25) is 4.79 Å². The van der Waals surface area contributed by atoms with Gasteiger partial charge >= 0.3 is 0 Å². The summed E-state index contributed by atoms with van der Waals surface area (Å²) in [5.74, 6) is 1.25. The Balaban J connectivity index is 2.22. The standard InChI is InChI=1S/C15H21ClN2O3/c1-9(2)18-6-5-11(15(18)19)17-12-8-13(20-3)10(16)7-14(12)21-4/h7-9,11,17H,5-6H2,1-4H3/t11-/m0/s1. The maximum atomic E-state index is 12.3.